The Morgan fingerprint density at radius 1 is 1.24 bits per heavy atom. The van der Waals surface area contributed by atoms with Crippen LogP contribution in [-0.2, 0) is 10.0 Å². The Balaban J connectivity index is 2.06. The van der Waals surface area contributed by atoms with Crippen molar-refractivity contribution in [2.75, 3.05) is 13.1 Å². The molecular formula is C18H27N3O2S2. The van der Waals surface area contributed by atoms with E-state index in [0.717, 1.165) is 30.6 Å². The molecule has 0 bridgehead atoms. The Hall–Kier alpha value is -1.18. The summed E-state index contributed by atoms with van der Waals surface area (Å²) in [5.41, 5.74) is 0.610. The summed E-state index contributed by atoms with van der Waals surface area (Å²) >= 11 is 1.54. The third-order valence-corrected chi connectivity index (χ3v) is 7.49. The van der Waals surface area contributed by atoms with E-state index in [1.165, 1.54) is 12.8 Å². The van der Waals surface area contributed by atoms with Gasteiger partial charge in [-0.25, -0.2) is 8.42 Å². The van der Waals surface area contributed by atoms with E-state index >= 15 is 0 Å². The Bertz CT molecular complexity index is 769. The minimum absolute atomic E-state index is 0.327. The molecule has 0 saturated heterocycles. The molecule has 25 heavy (non-hydrogen) atoms. The molecule has 0 N–H and O–H groups in total. The van der Waals surface area contributed by atoms with E-state index in [2.05, 4.69) is 0 Å². The van der Waals surface area contributed by atoms with Crippen LogP contribution in [0.4, 0.5) is 0 Å². The van der Waals surface area contributed by atoms with Gasteiger partial charge in [0, 0.05) is 19.3 Å². The quantitative estimate of drug-likeness (QED) is 0.675. The molecule has 1 saturated carbocycles. The van der Waals surface area contributed by atoms with Gasteiger partial charge >= 0.3 is 0 Å². The highest BCUT2D eigenvalue weighted by Gasteiger charge is 2.31. The van der Waals surface area contributed by atoms with E-state index < -0.39 is 10.0 Å². The summed E-state index contributed by atoms with van der Waals surface area (Å²) in [6.07, 6.45) is 7.95. The van der Waals surface area contributed by atoms with Crippen LogP contribution >= 0.6 is 11.3 Å². The van der Waals surface area contributed by atoms with Gasteiger partial charge in [0.05, 0.1) is 10.9 Å². The molecular weight excluding hydrogens is 354 g/mol. The van der Waals surface area contributed by atoms with Crippen LogP contribution in [0.5, 0.6) is 0 Å². The number of rotatable bonds is 8. The molecule has 0 atom stereocenters. The minimum atomic E-state index is -3.53. The Morgan fingerprint density at radius 3 is 2.48 bits per heavy atom. The predicted molar refractivity (Wildman–Crippen MR) is 102 cm³/mol. The Kier molecular flexibility index (Phi) is 5.96. The van der Waals surface area contributed by atoms with Crippen LogP contribution in [0.25, 0.3) is 10.6 Å². The third-order valence-electron chi connectivity index (χ3n) is 4.72. The standard InChI is InChI=1S/C18H27N3O2S2/c1-3-11-20(12-4-2)25(22,23)17-14-21(15-8-5-6-9-15)19-18(17)16-10-7-13-24-16/h7,10,13-15H,3-6,8-9,11-12H2,1-2H3. The van der Waals surface area contributed by atoms with Crippen LogP contribution in [0.15, 0.2) is 28.6 Å². The van der Waals surface area contributed by atoms with E-state index in [1.54, 1.807) is 21.8 Å². The number of hydrogen-bond donors (Lipinski definition) is 0. The van der Waals surface area contributed by atoms with Gasteiger partial charge in [0.1, 0.15) is 10.6 Å². The highest BCUT2D eigenvalue weighted by Crippen LogP contribution is 2.35. The number of hydrogen-bond acceptors (Lipinski definition) is 4. The lowest BCUT2D eigenvalue weighted by Gasteiger charge is -2.20. The van der Waals surface area contributed by atoms with Gasteiger partial charge < -0.3 is 0 Å². The monoisotopic (exact) mass is 381 g/mol. The molecule has 0 amide bonds. The molecule has 0 unspecified atom stereocenters. The van der Waals surface area contributed by atoms with Gasteiger partial charge in [-0.1, -0.05) is 32.8 Å². The molecule has 1 aliphatic rings. The maximum Gasteiger partial charge on any atom is 0.246 e. The van der Waals surface area contributed by atoms with Crippen molar-refractivity contribution in [2.45, 2.75) is 63.3 Å². The second kappa shape index (κ2) is 8.01. The SMILES string of the molecule is CCCN(CCC)S(=O)(=O)c1cn(C2CCCC2)nc1-c1cccs1. The zero-order valence-electron chi connectivity index (χ0n) is 15.0. The van der Waals surface area contributed by atoms with Crippen LogP contribution in [0, 0.1) is 0 Å². The first-order chi connectivity index (χ1) is 12.1. The molecule has 0 aliphatic heterocycles. The molecule has 5 nitrogen and oxygen atoms in total. The summed E-state index contributed by atoms with van der Waals surface area (Å²) < 4.78 is 30.2. The van der Waals surface area contributed by atoms with Gasteiger partial charge in [0.2, 0.25) is 10.0 Å². The zero-order valence-corrected chi connectivity index (χ0v) is 16.7. The molecule has 0 spiro atoms. The maximum absolute atomic E-state index is 13.3. The van der Waals surface area contributed by atoms with Crippen molar-refractivity contribution in [1.82, 2.24) is 14.1 Å². The largest absolute Gasteiger partial charge is 0.268 e. The van der Waals surface area contributed by atoms with E-state index in [1.807, 2.05) is 36.0 Å². The van der Waals surface area contributed by atoms with Crippen molar-refractivity contribution in [2.24, 2.45) is 0 Å². The molecule has 0 radical (unpaired) electrons. The number of aromatic nitrogens is 2. The number of sulfonamides is 1. The minimum Gasteiger partial charge on any atom is -0.268 e. The first-order valence-corrected chi connectivity index (χ1v) is 11.5. The van der Waals surface area contributed by atoms with Crippen LogP contribution < -0.4 is 0 Å². The van der Waals surface area contributed by atoms with E-state index in [0.29, 0.717) is 29.7 Å². The number of thiophene rings is 1. The van der Waals surface area contributed by atoms with Crippen LogP contribution in [0.2, 0.25) is 0 Å². The summed E-state index contributed by atoms with van der Waals surface area (Å²) in [6, 6.07) is 4.23. The highest BCUT2D eigenvalue weighted by molar-refractivity contribution is 7.89. The molecule has 7 heteroatoms. The van der Waals surface area contributed by atoms with Crippen LogP contribution in [0.1, 0.15) is 58.4 Å². The normalized spacial score (nSPS) is 16.1. The fraction of sp³-hybridized carbons (Fsp3) is 0.611. The molecule has 1 fully saturated rings. The number of nitrogens with zero attached hydrogens (tertiary/aromatic N) is 3. The van der Waals surface area contributed by atoms with Crippen molar-refractivity contribution >= 4 is 21.4 Å². The summed E-state index contributed by atoms with van der Waals surface area (Å²) in [7, 11) is -3.53. The van der Waals surface area contributed by atoms with Gasteiger partial charge in [0.25, 0.3) is 0 Å². The lowest BCUT2D eigenvalue weighted by Crippen LogP contribution is -2.32. The van der Waals surface area contributed by atoms with E-state index in [-0.39, 0.29) is 0 Å². The molecule has 1 aliphatic carbocycles. The van der Waals surface area contributed by atoms with Crippen LogP contribution in [0.3, 0.4) is 0 Å². The highest BCUT2D eigenvalue weighted by atomic mass is 32.2. The van der Waals surface area contributed by atoms with Gasteiger partial charge in [0.15, 0.2) is 0 Å². The predicted octanol–water partition coefficient (Wildman–Crippen LogP) is 4.54. The topological polar surface area (TPSA) is 55.2 Å². The van der Waals surface area contributed by atoms with Crippen molar-refractivity contribution in [3.63, 3.8) is 0 Å². The molecule has 2 aromatic heterocycles. The van der Waals surface area contributed by atoms with E-state index in [4.69, 9.17) is 5.10 Å². The molecule has 3 rings (SSSR count). The Labute approximate surface area is 154 Å². The lowest BCUT2D eigenvalue weighted by atomic mass is 10.3. The van der Waals surface area contributed by atoms with Crippen molar-refractivity contribution in [3.8, 4) is 10.6 Å². The lowest BCUT2D eigenvalue weighted by molar-refractivity contribution is 0.409. The summed E-state index contributed by atoms with van der Waals surface area (Å²) in [6.45, 7) is 5.13. The molecule has 2 heterocycles. The van der Waals surface area contributed by atoms with E-state index in [9.17, 15) is 8.42 Å². The smallest absolute Gasteiger partial charge is 0.246 e. The average Bonchev–Trinajstić information content (AvgIpc) is 3.33. The maximum atomic E-state index is 13.3. The van der Waals surface area contributed by atoms with Crippen molar-refractivity contribution in [3.05, 3.63) is 23.7 Å². The van der Waals surface area contributed by atoms with Gasteiger partial charge in [-0.15, -0.1) is 11.3 Å². The Morgan fingerprint density at radius 2 is 1.92 bits per heavy atom. The molecule has 138 valence electrons. The van der Waals surface area contributed by atoms with Gasteiger partial charge in [-0.3, -0.25) is 4.68 Å². The summed E-state index contributed by atoms with van der Waals surface area (Å²) in [5, 5.41) is 6.69. The fourth-order valence-electron chi connectivity index (χ4n) is 3.49. The van der Waals surface area contributed by atoms with Crippen molar-refractivity contribution < 1.29 is 8.42 Å². The van der Waals surface area contributed by atoms with Gasteiger partial charge in [-0.05, 0) is 37.1 Å². The third kappa shape index (κ3) is 3.83. The first kappa shape index (κ1) is 18.6. The van der Waals surface area contributed by atoms with Gasteiger partial charge in [-0.2, -0.15) is 9.40 Å². The summed E-state index contributed by atoms with van der Waals surface area (Å²) in [5.74, 6) is 0. The first-order valence-electron chi connectivity index (χ1n) is 9.21. The fourth-order valence-corrected chi connectivity index (χ4v) is 6.04. The average molecular weight is 382 g/mol. The second-order valence-electron chi connectivity index (χ2n) is 6.64. The zero-order chi connectivity index (χ0) is 17.9. The van der Waals surface area contributed by atoms with Crippen molar-refractivity contribution in [1.29, 1.82) is 0 Å². The molecule has 2 aromatic rings. The second-order valence-corrected chi connectivity index (χ2v) is 9.50. The molecule has 0 aromatic carbocycles. The van der Waals surface area contributed by atoms with Crippen LogP contribution in [-0.4, -0.2) is 35.6 Å². The summed E-state index contributed by atoms with van der Waals surface area (Å²) in [4.78, 5) is 1.28.